The molecule has 29 heavy (non-hydrogen) atoms. The van der Waals surface area contributed by atoms with Gasteiger partial charge in [-0.05, 0) is 35.7 Å². The van der Waals surface area contributed by atoms with Crippen molar-refractivity contribution in [3.63, 3.8) is 0 Å². The number of aromatic nitrogens is 1. The first kappa shape index (κ1) is 21.7. The molecule has 1 aromatic heterocycles. The molecular formula is C20H23N3O6. The molecule has 0 unspecified atom stereocenters. The van der Waals surface area contributed by atoms with Crippen molar-refractivity contribution in [2.75, 3.05) is 0 Å². The summed E-state index contributed by atoms with van der Waals surface area (Å²) in [6, 6.07) is 10.0. The average molecular weight is 401 g/mol. The first-order valence-electron chi connectivity index (χ1n) is 8.71. The number of fused-ring (bicyclic) bond motifs is 1. The summed E-state index contributed by atoms with van der Waals surface area (Å²) in [5.41, 5.74) is 13.3. The Morgan fingerprint density at radius 1 is 0.897 bits per heavy atom. The van der Waals surface area contributed by atoms with Gasteiger partial charge in [0.2, 0.25) is 0 Å². The number of aliphatic carboxylic acids is 2. The second kappa shape index (κ2) is 9.58. The number of nitrogens with one attached hydrogen (secondary N) is 1. The van der Waals surface area contributed by atoms with Crippen molar-refractivity contribution >= 4 is 22.8 Å². The van der Waals surface area contributed by atoms with E-state index in [2.05, 4.69) is 4.98 Å². The molecule has 0 spiro atoms. The molecule has 2 aromatic carbocycles. The third kappa shape index (κ3) is 5.96. The van der Waals surface area contributed by atoms with Crippen molar-refractivity contribution < 1.29 is 30.0 Å². The molecule has 2 atom stereocenters. The van der Waals surface area contributed by atoms with E-state index in [1.165, 1.54) is 18.2 Å². The van der Waals surface area contributed by atoms with Gasteiger partial charge < -0.3 is 36.9 Å². The van der Waals surface area contributed by atoms with Gasteiger partial charge >= 0.3 is 11.9 Å². The van der Waals surface area contributed by atoms with E-state index in [1.807, 2.05) is 30.5 Å². The Bertz CT molecular complexity index is 1000. The van der Waals surface area contributed by atoms with Crippen molar-refractivity contribution in [2.45, 2.75) is 24.9 Å². The van der Waals surface area contributed by atoms with Crippen LogP contribution in [0.4, 0.5) is 0 Å². The number of aromatic hydroxyl groups is 2. The molecule has 0 aliphatic carbocycles. The molecule has 9 nitrogen and oxygen atoms in total. The normalized spacial score (nSPS) is 12.6. The third-order valence-electron chi connectivity index (χ3n) is 4.24. The summed E-state index contributed by atoms with van der Waals surface area (Å²) in [4.78, 5) is 24.1. The van der Waals surface area contributed by atoms with Crippen LogP contribution in [0.15, 0.2) is 48.7 Å². The lowest BCUT2D eigenvalue weighted by Crippen LogP contribution is -2.32. The highest BCUT2D eigenvalue weighted by molar-refractivity contribution is 5.84. The minimum absolute atomic E-state index is 0.114. The van der Waals surface area contributed by atoms with Crippen LogP contribution in [0.5, 0.6) is 11.5 Å². The van der Waals surface area contributed by atoms with Gasteiger partial charge in [0.1, 0.15) is 12.1 Å². The van der Waals surface area contributed by atoms with Crippen LogP contribution in [0.3, 0.4) is 0 Å². The quantitative estimate of drug-likeness (QED) is 0.300. The lowest BCUT2D eigenvalue weighted by molar-refractivity contribution is -0.139. The molecular weight excluding hydrogens is 378 g/mol. The molecule has 9 N–H and O–H groups in total. The van der Waals surface area contributed by atoms with E-state index in [4.69, 9.17) is 31.9 Å². The smallest absolute Gasteiger partial charge is 0.320 e. The van der Waals surface area contributed by atoms with Gasteiger partial charge in [-0.1, -0.05) is 24.3 Å². The van der Waals surface area contributed by atoms with Gasteiger partial charge in [-0.25, -0.2) is 0 Å². The van der Waals surface area contributed by atoms with Gasteiger partial charge in [-0.3, -0.25) is 9.59 Å². The third-order valence-corrected chi connectivity index (χ3v) is 4.24. The molecule has 0 aliphatic heterocycles. The van der Waals surface area contributed by atoms with Crippen molar-refractivity contribution in [3.8, 4) is 11.5 Å². The second-order valence-corrected chi connectivity index (χ2v) is 6.48. The van der Waals surface area contributed by atoms with E-state index < -0.39 is 24.0 Å². The molecule has 0 amide bonds. The molecule has 9 heteroatoms. The number of benzene rings is 2. The van der Waals surface area contributed by atoms with E-state index in [-0.39, 0.29) is 17.9 Å². The molecule has 1 heterocycles. The van der Waals surface area contributed by atoms with Crippen LogP contribution in [0.1, 0.15) is 11.1 Å². The number of hydrogen-bond acceptors (Lipinski definition) is 6. The van der Waals surface area contributed by atoms with Crippen molar-refractivity contribution in [3.05, 3.63) is 59.8 Å². The summed E-state index contributed by atoms with van der Waals surface area (Å²) in [5.74, 6) is -2.59. The maximum atomic E-state index is 10.6. The number of carboxylic acids is 2. The fourth-order valence-electron chi connectivity index (χ4n) is 2.66. The summed E-state index contributed by atoms with van der Waals surface area (Å²) in [7, 11) is 0. The second-order valence-electron chi connectivity index (χ2n) is 6.48. The van der Waals surface area contributed by atoms with Crippen molar-refractivity contribution in [2.24, 2.45) is 11.5 Å². The molecule has 0 bridgehead atoms. The van der Waals surface area contributed by atoms with Crippen LogP contribution < -0.4 is 11.5 Å². The summed E-state index contributed by atoms with van der Waals surface area (Å²) in [6.45, 7) is 0. The molecule has 0 radical (unpaired) electrons. The number of aromatic amines is 1. The van der Waals surface area contributed by atoms with Gasteiger partial charge in [0.25, 0.3) is 0 Å². The summed E-state index contributed by atoms with van der Waals surface area (Å²) in [6.07, 6.45) is 2.27. The van der Waals surface area contributed by atoms with E-state index in [0.29, 0.717) is 12.0 Å². The number of nitrogens with two attached hydrogens (primary N) is 2. The van der Waals surface area contributed by atoms with Gasteiger partial charge in [0, 0.05) is 23.5 Å². The Balaban J connectivity index is 0.000000208. The number of H-pyrrole nitrogens is 1. The van der Waals surface area contributed by atoms with Crippen molar-refractivity contribution in [1.29, 1.82) is 0 Å². The monoisotopic (exact) mass is 401 g/mol. The Kier molecular flexibility index (Phi) is 7.18. The zero-order valence-corrected chi connectivity index (χ0v) is 15.4. The van der Waals surface area contributed by atoms with Crippen LogP contribution in [-0.2, 0) is 22.4 Å². The Labute approximate surface area is 166 Å². The fraction of sp³-hybridized carbons (Fsp3) is 0.200. The summed E-state index contributed by atoms with van der Waals surface area (Å²) < 4.78 is 0. The molecule has 154 valence electrons. The number of rotatable bonds is 6. The van der Waals surface area contributed by atoms with Crippen LogP contribution in [0.2, 0.25) is 0 Å². The zero-order valence-electron chi connectivity index (χ0n) is 15.4. The number of phenols is 2. The lowest BCUT2D eigenvalue weighted by Gasteiger charge is -2.06. The predicted octanol–water partition coefficient (Wildman–Crippen LogP) is 1.17. The van der Waals surface area contributed by atoms with E-state index in [1.54, 1.807) is 0 Å². The summed E-state index contributed by atoms with van der Waals surface area (Å²) >= 11 is 0. The topological polar surface area (TPSA) is 183 Å². The van der Waals surface area contributed by atoms with Crippen molar-refractivity contribution in [1.82, 2.24) is 4.98 Å². The molecule has 3 rings (SSSR count). The van der Waals surface area contributed by atoms with E-state index in [9.17, 15) is 9.59 Å². The SMILES string of the molecule is N[C@@H](Cc1c[nH]c2ccccc12)C(=O)O.N[C@@H](Cc1ccc(O)c(O)c1)C(=O)O. The molecule has 3 aromatic rings. The minimum Gasteiger partial charge on any atom is -0.504 e. The van der Waals surface area contributed by atoms with Gasteiger partial charge in [0.15, 0.2) is 11.5 Å². The highest BCUT2D eigenvalue weighted by Crippen LogP contribution is 2.25. The largest absolute Gasteiger partial charge is 0.504 e. The Hall–Kier alpha value is -3.56. The average Bonchev–Trinajstić information content (AvgIpc) is 3.08. The van der Waals surface area contributed by atoms with E-state index >= 15 is 0 Å². The highest BCUT2D eigenvalue weighted by atomic mass is 16.4. The van der Waals surface area contributed by atoms with Gasteiger partial charge in [-0.15, -0.1) is 0 Å². The predicted molar refractivity (Wildman–Crippen MR) is 107 cm³/mol. The Morgan fingerprint density at radius 2 is 1.52 bits per heavy atom. The standard InChI is InChI=1S/C11H12N2O2.C9H11NO4/c12-9(11(14)15)5-7-6-13-10-4-2-1-3-8(7)10;10-6(9(13)14)3-5-1-2-7(11)8(12)4-5/h1-4,6,9,13H,5,12H2,(H,14,15);1-2,4,6,11-12H,3,10H2,(H,13,14)/t9-;6-/m00/s1. The maximum absolute atomic E-state index is 10.6. The van der Waals surface area contributed by atoms with Crippen LogP contribution in [-0.4, -0.2) is 49.4 Å². The van der Waals surface area contributed by atoms with Gasteiger partial charge in [0.05, 0.1) is 0 Å². The molecule has 0 fully saturated rings. The molecule has 0 aliphatic rings. The number of hydrogen-bond donors (Lipinski definition) is 7. The summed E-state index contributed by atoms with van der Waals surface area (Å²) in [5, 5.41) is 36.4. The number of carboxylic acid groups (broad SMARTS) is 2. The number of para-hydroxylation sites is 1. The first-order valence-corrected chi connectivity index (χ1v) is 8.71. The van der Waals surface area contributed by atoms with E-state index in [0.717, 1.165) is 16.5 Å². The first-order chi connectivity index (χ1) is 13.7. The fourth-order valence-corrected chi connectivity index (χ4v) is 2.66. The highest BCUT2D eigenvalue weighted by Gasteiger charge is 2.14. The number of phenolic OH excluding ortho intramolecular Hbond substituents is 2. The molecule has 0 saturated carbocycles. The Morgan fingerprint density at radius 3 is 2.14 bits per heavy atom. The van der Waals surface area contributed by atoms with Crippen LogP contribution in [0, 0.1) is 0 Å². The van der Waals surface area contributed by atoms with Gasteiger partial charge in [-0.2, -0.15) is 0 Å². The number of carbonyl (C=O) groups is 2. The minimum atomic E-state index is -1.10. The zero-order chi connectivity index (χ0) is 21.6. The lowest BCUT2D eigenvalue weighted by atomic mass is 10.1. The maximum Gasteiger partial charge on any atom is 0.320 e. The molecule has 0 saturated heterocycles. The van der Waals surface area contributed by atoms with Crippen LogP contribution in [0.25, 0.3) is 10.9 Å². The van der Waals surface area contributed by atoms with Crippen LogP contribution >= 0.6 is 0 Å².